The predicted molar refractivity (Wildman–Crippen MR) is 66.7 cm³/mol. The van der Waals surface area contributed by atoms with Crippen molar-refractivity contribution in [2.24, 2.45) is 11.8 Å². The van der Waals surface area contributed by atoms with Gasteiger partial charge in [0.1, 0.15) is 0 Å². The summed E-state index contributed by atoms with van der Waals surface area (Å²) in [6, 6.07) is 1.14. The summed E-state index contributed by atoms with van der Waals surface area (Å²) in [5.41, 5.74) is 0. The zero-order valence-electron chi connectivity index (χ0n) is 10.6. The molecular weight excluding hydrogens is 214 g/mol. The molecule has 3 aliphatic rings. The number of amides is 1. The van der Waals surface area contributed by atoms with Crippen LogP contribution in [0.5, 0.6) is 0 Å². The van der Waals surface area contributed by atoms with Crippen molar-refractivity contribution in [3.05, 3.63) is 0 Å². The summed E-state index contributed by atoms with van der Waals surface area (Å²) in [4.78, 5) is 14.2. The highest BCUT2D eigenvalue weighted by Gasteiger charge is 2.41. The van der Waals surface area contributed by atoms with Crippen molar-refractivity contribution in [3.8, 4) is 0 Å². The zero-order valence-corrected chi connectivity index (χ0v) is 10.6. The van der Waals surface area contributed by atoms with E-state index < -0.39 is 0 Å². The summed E-state index contributed by atoms with van der Waals surface area (Å²) < 4.78 is 0. The van der Waals surface area contributed by atoms with Crippen molar-refractivity contribution in [1.29, 1.82) is 0 Å². The number of hydrogen-bond donors (Lipinski definition) is 2. The first kappa shape index (κ1) is 11.5. The summed E-state index contributed by atoms with van der Waals surface area (Å²) >= 11 is 0. The van der Waals surface area contributed by atoms with Crippen LogP contribution in [0.25, 0.3) is 0 Å². The number of carbonyl (C=O) groups is 1. The van der Waals surface area contributed by atoms with Gasteiger partial charge < -0.3 is 10.6 Å². The SMILES string of the molecule is CC1C2CNCC2CN1CCC(=O)NC1CC1. The maximum atomic E-state index is 11.7. The summed E-state index contributed by atoms with van der Waals surface area (Å²) in [6.45, 7) is 6.76. The normalized spacial score (nSPS) is 37.1. The van der Waals surface area contributed by atoms with E-state index in [0.29, 0.717) is 18.5 Å². The molecule has 4 heteroatoms. The van der Waals surface area contributed by atoms with Gasteiger partial charge in [0, 0.05) is 31.6 Å². The van der Waals surface area contributed by atoms with Crippen LogP contribution < -0.4 is 10.6 Å². The zero-order chi connectivity index (χ0) is 11.8. The lowest BCUT2D eigenvalue weighted by atomic mass is 9.95. The van der Waals surface area contributed by atoms with Crippen LogP contribution in [0.2, 0.25) is 0 Å². The maximum absolute atomic E-state index is 11.7. The molecule has 2 aliphatic heterocycles. The minimum atomic E-state index is 0.245. The minimum absolute atomic E-state index is 0.245. The molecule has 3 unspecified atom stereocenters. The molecule has 0 spiro atoms. The Balaban J connectivity index is 1.44. The standard InChI is InChI=1S/C13H23N3O/c1-9-12-7-14-6-10(12)8-16(9)5-4-13(17)15-11-2-3-11/h9-12,14H,2-8H2,1H3,(H,15,17). The van der Waals surface area contributed by atoms with Gasteiger partial charge in [-0.15, -0.1) is 0 Å². The Hall–Kier alpha value is -0.610. The minimum Gasteiger partial charge on any atom is -0.353 e. The molecule has 17 heavy (non-hydrogen) atoms. The number of nitrogens with zero attached hydrogens (tertiary/aromatic N) is 1. The highest BCUT2D eigenvalue weighted by molar-refractivity contribution is 5.76. The van der Waals surface area contributed by atoms with Crippen LogP contribution in [0.15, 0.2) is 0 Å². The summed E-state index contributed by atoms with van der Waals surface area (Å²) in [5.74, 6) is 1.87. The topological polar surface area (TPSA) is 44.4 Å². The number of rotatable bonds is 4. The van der Waals surface area contributed by atoms with Gasteiger partial charge in [-0.25, -0.2) is 0 Å². The second-order valence-corrected chi connectivity index (χ2v) is 5.91. The highest BCUT2D eigenvalue weighted by atomic mass is 16.1. The molecule has 1 amide bonds. The molecule has 0 radical (unpaired) electrons. The fourth-order valence-corrected chi connectivity index (χ4v) is 3.32. The fraction of sp³-hybridized carbons (Fsp3) is 0.923. The number of fused-ring (bicyclic) bond motifs is 1. The van der Waals surface area contributed by atoms with E-state index in [0.717, 1.165) is 24.9 Å². The summed E-state index contributed by atoms with van der Waals surface area (Å²) in [5, 5.41) is 6.53. The molecule has 96 valence electrons. The van der Waals surface area contributed by atoms with Gasteiger partial charge in [-0.05, 0) is 44.7 Å². The van der Waals surface area contributed by atoms with Crippen LogP contribution in [0.3, 0.4) is 0 Å². The molecule has 4 nitrogen and oxygen atoms in total. The average Bonchev–Trinajstić information content (AvgIpc) is 2.90. The van der Waals surface area contributed by atoms with Crippen molar-refractivity contribution in [2.75, 3.05) is 26.2 Å². The van der Waals surface area contributed by atoms with Gasteiger partial charge in [0.25, 0.3) is 0 Å². The predicted octanol–water partition coefficient (Wildman–Crippen LogP) is 0.195. The number of hydrogen-bond acceptors (Lipinski definition) is 3. The lowest BCUT2D eigenvalue weighted by molar-refractivity contribution is -0.121. The fourth-order valence-electron chi connectivity index (χ4n) is 3.32. The quantitative estimate of drug-likeness (QED) is 0.734. The van der Waals surface area contributed by atoms with Gasteiger partial charge in [-0.1, -0.05) is 0 Å². The van der Waals surface area contributed by atoms with Crippen molar-refractivity contribution in [1.82, 2.24) is 15.5 Å². The van der Waals surface area contributed by atoms with E-state index in [4.69, 9.17) is 0 Å². The van der Waals surface area contributed by atoms with E-state index in [1.54, 1.807) is 0 Å². The third-order valence-electron chi connectivity index (χ3n) is 4.63. The molecule has 0 aromatic carbocycles. The van der Waals surface area contributed by atoms with Crippen molar-refractivity contribution in [2.45, 2.75) is 38.3 Å². The van der Waals surface area contributed by atoms with Gasteiger partial charge in [-0.3, -0.25) is 9.69 Å². The molecule has 3 atom stereocenters. The van der Waals surface area contributed by atoms with E-state index in [2.05, 4.69) is 22.5 Å². The van der Waals surface area contributed by atoms with Gasteiger partial charge in [0.05, 0.1) is 0 Å². The van der Waals surface area contributed by atoms with Gasteiger partial charge >= 0.3 is 0 Å². The third kappa shape index (κ3) is 2.47. The van der Waals surface area contributed by atoms with E-state index >= 15 is 0 Å². The second-order valence-electron chi connectivity index (χ2n) is 5.91. The van der Waals surface area contributed by atoms with Crippen molar-refractivity contribution < 1.29 is 4.79 Å². The van der Waals surface area contributed by atoms with Crippen LogP contribution in [-0.4, -0.2) is 49.1 Å². The average molecular weight is 237 g/mol. The van der Waals surface area contributed by atoms with E-state index in [1.807, 2.05) is 0 Å². The maximum Gasteiger partial charge on any atom is 0.221 e. The van der Waals surface area contributed by atoms with E-state index in [1.165, 1.54) is 25.9 Å². The van der Waals surface area contributed by atoms with Crippen LogP contribution >= 0.6 is 0 Å². The lowest BCUT2D eigenvalue weighted by Gasteiger charge is -2.23. The Labute approximate surface area is 103 Å². The largest absolute Gasteiger partial charge is 0.353 e. The first-order valence-corrected chi connectivity index (χ1v) is 6.98. The van der Waals surface area contributed by atoms with Gasteiger partial charge in [0.2, 0.25) is 5.91 Å². The Morgan fingerprint density at radius 2 is 2.24 bits per heavy atom. The number of nitrogens with one attached hydrogen (secondary N) is 2. The number of carbonyl (C=O) groups excluding carboxylic acids is 1. The highest BCUT2D eigenvalue weighted by Crippen LogP contribution is 2.32. The molecule has 1 saturated carbocycles. The van der Waals surface area contributed by atoms with Crippen molar-refractivity contribution >= 4 is 5.91 Å². The Morgan fingerprint density at radius 3 is 2.94 bits per heavy atom. The second kappa shape index (κ2) is 4.58. The van der Waals surface area contributed by atoms with E-state index in [9.17, 15) is 4.79 Å². The third-order valence-corrected chi connectivity index (χ3v) is 4.63. The van der Waals surface area contributed by atoms with Crippen LogP contribution in [0.1, 0.15) is 26.2 Å². The van der Waals surface area contributed by atoms with Gasteiger partial charge in [-0.2, -0.15) is 0 Å². The summed E-state index contributed by atoms with van der Waals surface area (Å²) in [7, 11) is 0. The molecule has 1 aliphatic carbocycles. The first-order valence-electron chi connectivity index (χ1n) is 6.98. The molecule has 2 saturated heterocycles. The molecular formula is C13H23N3O. The first-order chi connectivity index (χ1) is 8.24. The Bertz CT molecular complexity index is 303. The summed E-state index contributed by atoms with van der Waals surface area (Å²) in [6.07, 6.45) is 3.04. The van der Waals surface area contributed by atoms with Crippen LogP contribution in [0.4, 0.5) is 0 Å². The molecule has 3 rings (SSSR count). The Kier molecular flexibility index (Phi) is 3.09. The van der Waals surface area contributed by atoms with Crippen LogP contribution in [0, 0.1) is 11.8 Å². The monoisotopic (exact) mass is 237 g/mol. The molecule has 2 N–H and O–H groups in total. The lowest BCUT2D eigenvalue weighted by Crippen LogP contribution is -2.36. The molecule has 0 aromatic heterocycles. The molecule has 2 heterocycles. The van der Waals surface area contributed by atoms with Gasteiger partial charge in [0.15, 0.2) is 0 Å². The van der Waals surface area contributed by atoms with E-state index in [-0.39, 0.29) is 5.91 Å². The molecule has 0 aromatic rings. The van der Waals surface area contributed by atoms with Crippen LogP contribution in [-0.2, 0) is 4.79 Å². The molecule has 3 fully saturated rings. The Morgan fingerprint density at radius 1 is 1.41 bits per heavy atom. The smallest absolute Gasteiger partial charge is 0.221 e. The molecule has 0 bridgehead atoms. The van der Waals surface area contributed by atoms with Crippen molar-refractivity contribution in [3.63, 3.8) is 0 Å². The number of likely N-dealkylation sites (tertiary alicyclic amines) is 1.